The molecule has 0 aromatic carbocycles. The molecule has 0 aromatic heterocycles. The van der Waals surface area contributed by atoms with E-state index in [1.165, 1.54) is 0 Å². The Morgan fingerprint density at radius 2 is 1.45 bits per heavy atom. The van der Waals surface area contributed by atoms with Crippen molar-refractivity contribution >= 4 is 11.8 Å². The van der Waals surface area contributed by atoms with Gasteiger partial charge in [-0.2, -0.15) is 0 Å². The van der Waals surface area contributed by atoms with Crippen molar-refractivity contribution in [3.05, 3.63) is 0 Å². The Bertz CT molecular complexity index is 194. The smallest absolute Gasteiger partial charge is 0.243 e. The van der Waals surface area contributed by atoms with Gasteiger partial charge in [0, 0.05) is 13.1 Å². The molecular formula is C6H9N3O2. The first-order valence-electron chi connectivity index (χ1n) is 3.59. The van der Waals surface area contributed by atoms with Crippen LogP contribution in [0.1, 0.15) is 0 Å². The Morgan fingerprint density at radius 3 is 1.91 bits per heavy atom. The Hall–Kier alpha value is -1.10. The van der Waals surface area contributed by atoms with Crippen molar-refractivity contribution in [1.29, 1.82) is 0 Å². The predicted molar refractivity (Wildman–Crippen MR) is 36.1 cm³/mol. The monoisotopic (exact) mass is 155 g/mol. The Morgan fingerprint density at radius 1 is 1.00 bits per heavy atom. The highest BCUT2D eigenvalue weighted by Crippen LogP contribution is 2.18. The number of carbonyl (C=O) groups excluding carboxylic acids is 2. The molecule has 5 nitrogen and oxygen atoms in total. The van der Waals surface area contributed by atoms with E-state index >= 15 is 0 Å². The molecule has 2 aliphatic rings. The molecule has 2 atom stereocenters. The molecule has 2 rings (SSSR count). The molecule has 0 aromatic rings. The maximum atomic E-state index is 11.1. The summed E-state index contributed by atoms with van der Waals surface area (Å²) in [4.78, 5) is 22.1. The van der Waals surface area contributed by atoms with Gasteiger partial charge in [0.15, 0.2) is 0 Å². The summed E-state index contributed by atoms with van der Waals surface area (Å²) in [5.41, 5.74) is 4.65. The van der Waals surface area contributed by atoms with Crippen LogP contribution in [0.3, 0.4) is 0 Å². The standard InChI is InChI=1S/C6H9N3O2/c10-5-3-1-7-2-4(3)6(11)9-8-5/h3-4,7H,1-2H2,(H,8,10)(H,9,11)/t3-,4+. The molecule has 2 saturated heterocycles. The molecule has 0 aliphatic carbocycles. The number of hydrogen-bond acceptors (Lipinski definition) is 3. The summed E-state index contributed by atoms with van der Waals surface area (Å²) in [5, 5.41) is 3.00. The minimum Gasteiger partial charge on any atom is -0.315 e. The van der Waals surface area contributed by atoms with Gasteiger partial charge in [-0.05, 0) is 0 Å². The molecule has 0 unspecified atom stereocenters. The molecule has 2 fully saturated rings. The minimum atomic E-state index is -0.163. The summed E-state index contributed by atoms with van der Waals surface area (Å²) < 4.78 is 0. The van der Waals surface area contributed by atoms with E-state index in [1.54, 1.807) is 0 Å². The third-order valence-electron chi connectivity index (χ3n) is 2.20. The number of carbonyl (C=O) groups is 2. The summed E-state index contributed by atoms with van der Waals surface area (Å²) in [6, 6.07) is 0. The lowest BCUT2D eigenvalue weighted by Gasteiger charge is -2.23. The molecule has 0 saturated carbocycles. The fourth-order valence-electron chi connectivity index (χ4n) is 1.54. The highest BCUT2D eigenvalue weighted by molar-refractivity contribution is 5.93. The van der Waals surface area contributed by atoms with Crippen molar-refractivity contribution in [1.82, 2.24) is 16.2 Å². The van der Waals surface area contributed by atoms with Crippen molar-refractivity contribution in [2.45, 2.75) is 0 Å². The largest absolute Gasteiger partial charge is 0.315 e. The predicted octanol–water partition coefficient (Wildman–Crippen LogP) is -2.02. The van der Waals surface area contributed by atoms with Crippen LogP contribution in [0, 0.1) is 11.8 Å². The highest BCUT2D eigenvalue weighted by atomic mass is 16.2. The maximum absolute atomic E-state index is 11.1. The zero-order valence-corrected chi connectivity index (χ0v) is 5.89. The van der Waals surface area contributed by atoms with Gasteiger partial charge in [-0.25, -0.2) is 0 Å². The van der Waals surface area contributed by atoms with Crippen molar-refractivity contribution in [3.8, 4) is 0 Å². The van der Waals surface area contributed by atoms with Crippen LogP contribution in [0.15, 0.2) is 0 Å². The second kappa shape index (κ2) is 2.20. The SMILES string of the molecule is O=C1NNC(=O)[C@@H]2CNC[C@H]12. The molecule has 2 aliphatic heterocycles. The van der Waals surface area contributed by atoms with Gasteiger partial charge in [0.25, 0.3) is 0 Å². The van der Waals surface area contributed by atoms with E-state index in [1.807, 2.05) is 0 Å². The molecular weight excluding hydrogens is 146 g/mol. The topological polar surface area (TPSA) is 70.2 Å². The summed E-state index contributed by atoms with van der Waals surface area (Å²) >= 11 is 0. The molecule has 5 heteroatoms. The van der Waals surface area contributed by atoms with Gasteiger partial charge in [-0.1, -0.05) is 0 Å². The van der Waals surface area contributed by atoms with Crippen LogP contribution in [0.25, 0.3) is 0 Å². The van der Waals surface area contributed by atoms with Gasteiger partial charge in [-0.3, -0.25) is 20.4 Å². The second-order valence-corrected chi connectivity index (χ2v) is 2.85. The van der Waals surface area contributed by atoms with Crippen LogP contribution in [0.2, 0.25) is 0 Å². The van der Waals surface area contributed by atoms with Gasteiger partial charge < -0.3 is 5.32 Å². The van der Waals surface area contributed by atoms with Gasteiger partial charge in [0.2, 0.25) is 11.8 Å². The normalized spacial score (nSPS) is 36.0. The number of amides is 2. The lowest BCUT2D eigenvalue weighted by atomic mass is 9.93. The number of fused-ring (bicyclic) bond motifs is 1. The zero-order valence-electron chi connectivity index (χ0n) is 5.89. The first-order valence-corrected chi connectivity index (χ1v) is 3.59. The third-order valence-corrected chi connectivity index (χ3v) is 2.20. The van der Waals surface area contributed by atoms with Crippen molar-refractivity contribution in [2.75, 3.05) is 13.1 Å². The van der Waals surface area contributed by atoms with Crippen molar-refractivity contribution in [3.63, 3.8) is 0 Å². The average molecular weight is 155 g/mol. The van der Waals surface area contributed by atoms with E-state index in [0.29, 0.717) is 13.1 Å². The third kappa shape index (κ3) is 0.883. The fourth-order valence-corrected chi connectivity index (χ4v) is 1.54. The van der Waals surface area contributed by atoms with Crippen molar-refractivity contribution < 1.29 is 9.59 Å². The van der Waals surface area contributed by atoms with Crippen LogP contribution >= 0.6 is 0 Å². The summed E-state index contributed by atoms with van der Waals surface area (Å²) in [6.45, 7) is 1.23. The quantitative estimate of drug-likeness (QED) is 0.378. The van der Waals surface area contributed by atoms with E-state index in [9.17, 15) is 9.59 Å². The van der Waals surface area contributed by atoms with Crippen LogP contribution in [0.5, 0.6) is 0 Å². The number of nitrogens with one attached hydrogen (secondary N) is 3. The van der Waals surface area contributed by atoms with Crippen molar-refractivity contribution in [2.24, 2.45) is 11.8 Å². The molecule has 0 bridgehead atoms. The molecule has 60 valence electrons. The molecule has 0 radical (unpaired) electrons. The van der Waals surface area contributed by atoms with E-state index in [-0.39, 0.29) is 23.7 Å². The number of rotatable bonds is 0. The lowest BCUT2D eigenvalue weighted by molar-refractivity contribution is -0.140. The Kier molecular flexibility index (Phi) is 1.32. The lowest BCUT2D eigenvalue weighted by Crippen LogP contribution is -2.55. The van der Waals surface area contributed by atoms with Crippen LogP contribution in [0.4, 0.5) is 0 Å². The summed E-state index contributed by atoms with van der Waals surface area (Å²) in [7, 11) is 0. The van der Waals surface area contributed by atoms with E-state index in [0.717, 1.165) is 0 Å². The first-order chi connectivity index (χ1) is 5.29. The highest BCUT2D eigenvalue weighted by Gasteiger charge is 2.41. The maximum Gasteiger partial charge on any atom is 0.243 e. The Labute approximate surface area is 63.5 Å². The van der Waals surface area contributed by atoms with E-state index in [4.69, 9.17) is 0 Å². The minimum absolute atomic E-state index is 0.0837. The number of hydrazine groups is 1. The van der Waals surface area contributed by atoms with Gasteiger partial charge >= 0.3 is 0 Å². The molecule has 2 amide bonds. The fraction of sp³-hybridized carbons (Fsp3) is 0.667. The van der Waals surface area contributed by atoms with Gasteiger partial charge in [-0.15, -0.1) is 0 Å². The molecule has 11 heavy (non-hydrogen) atoms. The summed E-state index contributed by atoms with van der Waals surface area (Å²) in [5.74, 6) is -0.494. The number of hydrogen-bond donors (Lipinski definition) is 3. The average Bonchev–Trinajstić information content (AvgIpc) is 2.45. The van der Waals surface area contributed by atoms with Gasteiger partial charge in [0.05, 0.1) is 11.8 Å². The van der Waals surface area contributed by atoms with Gasteiger partial charge in [0.1, 0.15) is 0 Å². The van der Waals surface area contributed by atoms with E-state index < -0.39 is 0 Å². The Balaban J connectivity index is 2.20. The van der Waals surface area contributed by atoms with Crippen LogP contribution in [-0.2, 0) is 9.59 Å². The van der Waals surface area contributed by atoms with Crippen LogP contribution in [-0.4, -0.2) is 24.9 Å². The molecule has 3 N–H and O–H groups in total. The summed E-state index contributed by atoms with van der Waals surface area (Å²) in [6.07, 6.45) is 0. The molecule has 2 heterocycles. The zero-order chi connectivity index (χ0) is 7.84. The second-order valence-electron chi connectivity index (χ2n) is 2.85. The van der Waals surface area contributed by atoms with Crippen LogP contribution < -0.4 is 16.2 Å². The molecule has 0 spiro atoms. The van der Waals surface area contributed by atoms with E-state index in [2.05, 4.69) is 16.2 Å². The first kappa shape index (κ1) is 6.60.